The van der Waals surface area contributed by atoms with Gasteiger partial charge in [-0.1, -0.05) is 19.8 Å². The van der Waals surface area contributed by atoms with Crippen molar-refractivity contribution >= 4 is 0 Å². The van der Waals surface area contributed by atoms with Crippen LogP contribution >= 0.6 is 0 Å². The molecule has 0 aliphatic heterocycles. The molecule has 4 heteroatoms. The number of aromatic nitrogens is 1. The Morgan fingerprint density at radius 2 is 1.76 bits per heavy atom. The minimum atomic E-state index is -4.29. The third kappa shape index (κ3) is 2.99. The van der Waals surface area contributed by atoms with E-state index in [9.17, 15) is 13.2 Å². The molecule has 0 unspecified atom stereocenters. The maximum atomic E-state index is 12.4. The topological polar surface area (TPSA) is 12.9 Å². The number of nitrogens with zero attached hydrogens (tertiary/aromatic N) is 1. The number of alkyl halides is 3. The summed E-state index contributed by atoms with van der Waals surface area (Å²) in [7, 11) is 0. The number of halogens is 3. The SMILES string of the molecule is C[C@H]1CC[C@H](c2ccc(C(F)(F)F)cn2)CC1. The van der Waals surface area contributed by atoms with E-state index in [1.165, 1.54) is 6.07 Å². The van der Waals surface area contributed by atoms with Crippen molar-refractivity contribution in [2.24, 2.45) is 5.92 Å². The van der Waals surface area contributed by atoms with Crippen LogP contribution in [0.1, 0.15) is 49.8 Å². The summed E-state index contributed by atoms with van der Waals surface area (Å²) in [6.07, 6.45) is 1.04. The van der Waals surface area contributed by atoms with Gasteiger partial charge in [-0.3, -0.25) is 4.98 Å². The Morgan fingerprint density at radius 1 is 1.12 bits per heavy atom. The molecule has 0 bridgehead atoms. The molecule has 2 rings (SSSR count). The Morgan fingerprint density at radius 3 is 2.24 bits per heavy atom. The molecule has 1 nitrogen and oxygen atoms in total. The fraction of sp³-hybridized carbons (Fsp3) is 0.615. The Hall–Kier alpha value is -1.06. The van der Waals surface area contributed by atoms with E-state index in [2.05, 4.69) is 11.9 Å². The molecule has 0 saturated heterocycles. The van der Waals surface area contributed by atoms with Crippen LogP contribution in [0.3, 0.4) is 0 Å². The van der Waals surface area contributed by atoms with Gasteiger partial charge in [-0.25, -0.2) is 0 Å². The van der Waals surface area contributed by atoms with Crippen LogP contribution in [0.4, 0.5) is 13.2 Å². The van der Waals surface area contributed by atoms with Crippen LogP contribution in [0.15, 0.2) is 18.3 Å². The molecule has 0 atom stereocenters. The first-order valence-corrected chi connectivity index (χ1v) is 6.00. The van der Waals surface area contributed by atoms with Gasteiger partial charge in [-0.15, -0.1) is 0 Å². The number of hydrogen-bond donors (Lipinski definition) is 0. The minimum Gasteiger partial charge on any atom is -0.260 e. The Bertz CT molecular complexity index is 361. The van der Waals surface area contributed by atoms with Gasteiger partial charge in [0.2, 0.25) is 0 Å². The first kappa shape index (κ1) is 12.4. The van der Waals surface area contributed by atoms with Gasteiger partial charge in [0.05, 0.1) is 5.56 Å². The van der Waals surface area contributed by atoms with Crippen LogP contribution in [0.2, 0.25) is 0 Å². The highest BCUT2D eigenvalue weighted by molar-refractivity contribution is 5.19. The first-order chi connectivity index (χ1) is 7.97. The molecule has 1 aromatic heterocycles. The van der Waals surface area contributed by atoms with E-state index in [-0.39, 0.29) is 0 Å². The molecule has 1 fully saturated rings. The van der Waals surface area contributed by atoms with Gasteiger partial charge in [-0.2, -0.15) is 13.2 Å². The van der Waals surface area contributed by atoms with Crippen molar-refractivity contribution in [3.05, 3.63) is 29.6 Å². The molecule has 1 aliphatic carbocycles. The molecule has 17 heavy (non-hydrogen) atoms. The summed E-state index contributed by atoms with van der Waals surface area (Å²) >= 11 is 0. The maximum Gasteiger partial charge on any atom is 0.417 e. The lowest BCUT2D eigenvalue weighted by molar-refractivity contribution is -0.137. The second-order valence-corrected chi connectivity index (χ2v) is 4.93. The molecular formula is C13H16F3N. The van der Waals surface area contributed by atoms with Gasteiger partial charge in [0.25, 0.3) is 0 Å². The van der Waals surface area contributed by atoms with Gasteiger partial charge in [0.1, 0.15) is 0 Å². The zero-order valence-corrected chi connectivity index (χ0v) is 9.80. The predicted octanol–water partition coefficient (Wildman–Crippen LogP) is 4.39. The highest BCUT2D eigenvalue weighted by atomic mass is 19.4. The lowest BCUT2D eigenvalue weighted by Gasteiger charge is -2.25. The van der Waals surface area contributed by atoms with Gasteiger partial charge in [0, 0.05) is 17.8 Å². The third-order valence-corrected chi connectivity index (χ3v) is 3.55. The van der Waals surface area contributed by atoms with Crippen molar-refractivity contribution in [3.63, 3.8) is 0 Å². The highest BCUT2D eigenvalue weighted by Gasteiger charge is 2.31. The monoisotopic (exact) mass is 243 g/mol. The van der Waals surface area contributed by atoms with Gasteiger partial charge >= 0.3 is 6.18 Å². The van der Waals surface area contributed by atoms with E-state index in [4.69, 9.17) is 0 Å². The zero-order chi connectivity index (χ0) is 12.5. The van der Waals surface area contributed by atoms with Crippen molar-refractivity contribution in [1.29, 1.82) is 0 Å². The molecule has 1 saturated carbocycles. The summed E-state index contributed by atoms with van der Waals surface area (Å²) in [6, 6.07) is 2.67. The molecule has 0 aromatic carbocycles. The number of rotatable bonds is 1. The molecular weight excluding hydrogens is 227 g/mol. The average Bonchev–Trinajstić information content (AvgIpc) is 2.29. The fourth-order valence-electron chi connectivity index (χ4n) is 2.37. The van der Waals surface area contributed by atoms with Crippen molar-refractivity contribution in [2.45, 2.75) is 44.7 Å². The fourth-order valence-corrected chi connectivity index (χ4v) is 2.37. The standard InChI is InChI=1S/C13H16F3N/c1-9-2-4-10(5-3-9)12-7-6-11(8-17-12)13(14,15)16/h6-10H,2-5H2,1H3/t9-,10-. The van der Waals surface area contributed by atoms with Crippen LogP contribution in [0.25, 0.3) is 0 Å². The summed E-state index contributed by atoms with van der Waals surface area (Å²) in [5, 5.41) is 0. The lowest BCUT2D eigenvalue weighted by atomic mass is 9.81. The number of hydrogen-bond acceptors (Lipinski definition) is 1. The van der Waals surface area contributed by atoms with Crippen molar-refractivity contribution in [2.75, 3.05) is 0 Å². The molecule has 0 radical (unpaired) electrons. The van der Waals surface area contributed by atoms with Crippen molar-refractivity contribution in [3.8, 4) is 0 Å². The Balaban J connectivity index is 2.08. The van der Waals surface area contributed by atoms with E-state index in [0.717, 1.165) is 49.6 Å². The minimum absolute atomic E-state index is 0.341. The quantitative estimate of drug-likeness (QED) is 0.712. The van der Waals surface area contributed by atoms with Gasteiger partial charge in [0.15, 0.2) is 0 Å². The highest BCUT2D eigenvalue weighted by Crippen LogP contribution is 2.35. The smallest absolute Gasteiger partial charge is 0.260 e. The third-order valence-electron chi connectivity index (χ3n) is 3.55. The summed E-state index contributed by atoms with van der Waals surface area (Å²) < 4.78 is 37.1. The van der Waals surface area contributed by atoms with E-state index in [1.54, 1.807) is 0 Å². The molecule has 0 amide bonds. The molecule has 1 aliphatic rings. The first-order valence-electron chi connectivity index (χ1n) is 6.00. The molecule has 1 aromatic rings. The lowest BCUT2D eigenvalue weighted by Crippen LogP contribution is -2.13. The number of pyridine rings is 1. The summed E-state index contributed by atoms with van der Waals surface area (Å²) in [5.41, 5.74) is 0.148. The predicted molar refractivity (Wildman–Crippen MR) is 59.6 cm³/mol. The van der Waals surface area contributed by atoms with Gasteiger partial charge in [-0.05, 0) is 30.9 Å². The maximum absolute atomic E-state index is 12.4. The normalized spacial score (nSPS) is 25.9. The van der Waals surface area contributed by atoms with Crippen LogP contribution in [-0.2, 0) is 6.18 Å². The largest absolute Gasteiger partial charge is 0.417 e. The second-order valence-electron chi connectivity index (χ2n) is 4.93. The second kappa shape index (κ2) is 4.67. The van der Waals surface area contributed by atoms with E-state index in [1.807, 2.05) is 0 Å². The summed E-state index contributed by atoms with van der Waals surface area (Å²) in [6.45, 7) is 2.22. The Labute approximate surface area is 99.1 Å². The molecule has 0 N–H and O–H groups in total. The molecule has 1 heterocycles. The van der Waals surface area contributed by atoms with E-state index >= 15 is 0 Å². The van der Waals surface area contributed by atoms with Crippen LogP contribution in [-0.4, -0.2) is 4.98 Å². The Kier molecular flexibility index (Phi) is 3.40. The molecule has 94 valence electrons. The van der Waals surface area contributed by atoms with E-state index < -0.39 is 11.7 Å². The van der Waals surface area contributed by atoms with Crippen molar-refractivity contribution < 1.29 is 13.2 Å². The van der Waals surface area contributed by atoms with Crippen LogP contribution in [0.5, 0.6) is 0 Å². The summed E-state index contributed by atoms with van der Waals surface area (Å²) in [4.78, 5) is 3.97. The summed E-state index contributed by atoms with van der Waals surface area (Å²) in [5.74, 6) is 1.08. The van der Waals surface area contributed by atoms with Crippen LogP contribution in [0, 0.1) is 5.92 Å². The molecule has 0 spiro atoms. The average molecular weight is 243 g/mol. The van der Waals surface area contributed by atoms with Gasteiger partial charge < -0.3 is 0 Å². The zero-order valence-electron chi connectivity index (χ0n) is 9.80. The van der Waals surface area contributed by atoms with Crippen LogP contribution < -0.4 is 0 Å². The van der Waals surface area contributed by atoms with E-state index in [0.29, 0.717) is 5.92 Å². The van der Waals surface area contributed by atoms with Crippen molar-refractivity contribution in [1.82, 2.24) is 4.98 Å².